The van der Waals surface area contributed by atoms with E-state index in [1.165, 1.54) is 0 Å². The number of carbonyl (C=O) groups is 1. The molecule has 23 heavy (non-hydrogen) atoms. The van der Waals surface area contributed by atoms with E-state index in [0.29, 0.717) is 40.2 Å². The quantitative estimate of drug-likeness (QED) is 0.689. The van der Waals surface area contributed by atoms with Gasteiger partial charge in [0.05, 0.1) is 18.0 Å². The van der Waals surface area contributed by atoms with Gasteiger partial charge >= 0.3 is 5.97 Å². The second-order valence-electron chi connectivity index (χ2n) is 5.03. The maximum absolute atomic E-state index is 12.1. The third-order valence-corrected chi connectivity index (χ3v) is 3.73. The molecule has 2 aromatic heterocycles. The summed E-state index contributed by atoms with van der Waals surface area (Å²) >= 11 is 5.90. The summed E-state index contributed by atoms with van der Waals surface area (Å²) in [6.07, 6.45) is 0. The van der Waals surface area contributed by atoms with E-state index in [1.54, 1.807) is 37.4 Å². The van der Waals surface area contributed by atoms with Crippen LogP contribution in [0.2, 0.25) is 5.02 Å². The van der Waals surface area contributed by atoms with Crippen LogP contribution in [0.4, 0.5) is 0 Å². The number of halogens is 1. The zero-order chi connectivity index (χ0) is 16.6. The lowest BCUT2D eigenvalue weighted by molar-refractivity contribution is 0.0523. The summed E-state index contributed by atoms with van der Waals surface area (Å²) in [5, 5.41) is 5.09. The van der Waals surface area contributed by atoms with E-state index in [9.17, 15) is 4.79 Å². The molecule has 0 saturated heterocycles. The number of aromatic nitrogens is 4. The van der Waals surface area contributed by atoms with Gasteiger partial charge in [0.15, 0.2) is 5.82 Å². The highest BCUT2D eigenvalue weighted by Gasteiger charge is 2.20. The first kappa shape index (κ1) is 15.4. The molecule has 0 atom stereocenters. The van der Waals surface area contributed by atoms with Crippen molar-refractivity contribution in [1.29, 1.82) is 0 Å². The minimum atomic E-state index is -0.402. The fourth-order valence-corrected chi connectivity index (χ4v) is 2.52. The van der Waals surface area contributed by atoms with E-state index in [2.05, 4.69) is 15.1 Å². The lowest BCUT2D eigenvalue weighted by atomic mass is 10.2. The number of aryl methyl sites for hydroxylation is 2. The van der Waals surface area contributed by atoms with E-state index in [-0.39, 0.29) is 0 Å². The zero-order valence-corrected chi connectivity index (χ0v) is 13.8. The van der Waals surface area contributed by atoms with Gasteiger partial charge in [0, 0.05) is 10.6 Å². The molecule has 0 N–H and O–H groups in total. The van der Waals surface area contributed by atoms with Crippen molar-refractivity contribution in [2.24, 2.45) is 0 Å². The Morgan fingerprint density at radius 2 is 1.91 bits per heavy atom. The second-order valence-corrected chi connectivity index (χ2v) is 5.47. The maximum Gasteiger partial charge on any atom is 0.341 e. The monoisotopic (exact) mass is 330 g/mol. The molecule has 3 aromatic rings. The van der Waals surface area contributed by atoms with E-state index < -0.39 is 5.97 Å². The number of esters is 1. The minimum Gasteiger partial charge on any atom is -0.462 e. The first-order chi connectivity index (χ1) is 11.0. The normalized spacial score (nSPS) is 11.0. The van der Waals surface area contributed by atoms with Crippen molar-refractivity contribution in [2.75, 3.05) is 6.61 Å². The van der Waals surface area contributed by atoms with E-state index in [1.807, 2.05) is 12.1 Å². The number of ether oxygens (including phenoxy) is 1. The van der Waals surface area contributed by atoms with Crippen LogP contribution in [0.5, 0.6) is 0 Å². The minimum absolute atomic E-state index is 0.309. The van der Waals surface area contributed by atoms with Gasteiger partial charge in [-0.25, -0.2) is 14.3 Å². The largest absolute Gasteiger partial charge is 0.462 e. The Morgan fingerprint density at radius 1 is 1.22 bits per heavy atom. The summed E-state index contributed by atoms with van der Waals surface area (Å²) in [5.74, 6) is 0.566. The van der Waals surface area contributed by atoms with Crippen molar-refractivity contribution in [2.45, 2.75) is 20.8 Å². The molecule has 0 amide bonds. The number of carbonyl (C=O) groups excluding carboxylic acids is 1. The van der Waals surface area contributed by atoms with Crippen LogP contribution in [0.15, 0.2) is 24.3 Å². The van der Waals surface area contributed by atoms with Gasteiger partial charge in [0.25, 0.3) is 5.78 Å². The summed E-state index contributed by atoms with van der Waals surface area (Å²) in [7, 11) is 0. The number of rotatable bonds is 3. The van der Waals surface area contributed by atoms with Crippen LogP contribution in [0.3, 0.4) is 0 Å². The molecule has 0 aliphatic rings. The van der Waals surface area contributed by atoms with Crippen LogP contribution in [-0.4, -0.2) is 32.2 Å². The van der Waals surface area contributed by atoms with Crippen molar-refractivity contribution >= 4 is 23.3 Å². The molecule has 0 aliphatic heterocycles. The third kappa shape index (κ3) is 2.77. The van der Waals surface area contributed by atoms with Crippen LogP contribution in [0.25, 0.3) is 17.2 Å². The molecular formula is C16H15ClN4O2. The molecule has 0 spiro atoms. The summed E-state index contributed by atoms with van der Waals surface area (Å²) in [6.45, 7) is 5.63. The Morgan fingerprint density at radius 3 is 2.57 bits per heavy atom. The van der Waals surface area contributed by atoms with Gasteiger partial charge in [-0.15, -0.1) is 5.10 Å². The van der Waals surface area contributed by atoms with Gasteiger partial charge < -0.3 is 4.74 Å². The molecule has 3 rings (SSSR count). The molecule has 0 saturated carbocycles. The smallest absolute Gasteiger partial charge is 0.341 e. The molecule has 118 valence electrons. The standard InChI is InChI=1S/C16H15ClN4O2/c1-4-23-15(22)13-9(2)18-16-19-14(20-21(16)10(13)3)11-5-7-12(17)8-6-11/h5-8H,4H2,1-3H3. The molecule has 0 unspecified atom stereocenters. The summed E-state index contributed by atoms with van der Waals surface area (Å²) in [5.41, 5.74) is 2.48. The zero-order valence-electron chi connectivity index (χ0n) is 13.0. The molecule has 0 radical (unpaired) electrons. The Hall–Kier alpha value is -2.47. The average molecular weight is 331 g/mol. The molecular weight excluding hydrogens is 316 g/mol. The van der Waals surface area contributed by atoms with Crippen LogP contribution in [0.1, 0.15) is 28.7 Å². The SMILES string of the molecule is CCOC(=O)c1c(C)nc2nc(-c3ccc(Cl)cc3)nn2c1C. The van der Waals surface area contributed by atoms with Crippen LogP contribution >= 0.6 is 11.6 Å². The fraction of sp³-hybridized carbons (Fsp3) is 0.250. The van der Waals surface area contributed by atoms with Crippen molar-refractivity contribution in [1.82, 2.24) is 19.6 Å². The molecule has 7 heteroatoms. The van der Waals surface area contributed by atoms with Crippen LogP contribution in [-0.2, 0) is 4.74 Å². The van der Waals surface area contributed by atoms with Gasteiger partial charge in [0.1, 0.15) is 5.56 Å². The number of hydrogen-bond acceptors (Lipinski definition) is 5. The molecule has 0 aliphatic carbocycles. The topological polar surface area (TPSA) is 69.4 Å². The van der Waals surface area contributed by atoms with Gasteiger partial charge in [0.2, 0.25) is 0 Å². The first-order valence-electron chi connectivity index (χ1n) is 7.18. The van der Waals surface area contributed by atoms with Crippen molar-refractivity contribution in [3.8, 4) is 11.4 Å². The van der Waals surface area contributed by atoms with Crippen LogP contribution < -0.4 is 0 Å². The summed E-state index contributed by atoms with van der Waals surface area (Å²) in [6, 6.07) is 7.23. The van der Waals surface area contributed by atoms with E-state index in [4.69, 9.17) is 16.3 Å². The fourth-order valence-electron chi connectivity index (χ4n) is 2.39. The highest BCUT2D eigenvalue weighted by Crippen LogP contribution is 2.21. The first-order valence-corrected chi connectivity index (χ1v) is 7.56. The Balaban J connectivity index is 2.15. The van der Waals surface area contributed by atoms with Gasteiger partial charge in [-0.05, 0) is 45.0 Å². The predicted molar refractivity (Wildman–Crippen MR) is 86.7 cm³/mol. The highest BCUT2D eigenvalue weighted by molar-refractivity contribution is 6.30. The lowest BCUT2D eigenvalue weighted by Gasteiger charge is -2.08. The lowest BCUT2D eigenvalue weighted by Crippen LogP contribution is -2.14. The van der Waals surface area contributed by atoms with Crippen molar-refractivity contribution < 1.29 is 9.53 Å². The Bertz CT molecular complexity index is 887. The number of nitrogens with zero attached hydrogens (tertiary/aromatic N) is 4. The third-order valence-electron chi connectivity index (χ3n) is 3.48. The van der Waals surface area contributed by atoms with Gasteiger partial charge in [-0.1, -0.05) is 11.6 Å². The van der Waals surface area contributed by atoms with Crippen molar-refractivity contribution in [3.63, 3.8) is 0 Å². The predicted octanol–water partition coefficient (Wildman–Crippen LogP) is 3.24. The summed E-state index contributed by atoms with van der Waals surface area (Å²) in [4.78, 5) is 20.9. The average Bonchev–Trinajstić information content (AvgIpc) is 2.92. The number of fused-ring (bicyclic) bond motifs is 1. The molecule has 0 bridgehead atoms. The number of benzene rings is 1. The van der Waals surface area contributed by atoms with Gasteiger partial charge in [-0.2, -0.15) is 4.98 Å². The summed E-state index contributed by atoms with van der Waals surface area (Å²) < 4.78 is 6.65. The van der Waals surface area contributed by atoms with Gasteiger partial charge in [-0.3, -0.25) is 0 Å². The molecule has 6 nitrogen and oxygen atoms in total. The van der Waals surface area contributed by atoms with E-state index in [0.717, 1.165) is 5.56 Å². The maximum atomic E-state index is 12.1. The van der Waals surface area contributed by atoms with E-state index >= 15 is 0 Å². The van der Waals surface area contributed by atoms with Crippen molar-refractivity contribution in [3.05, 3.63) is 46.2 Å². The Labute approximate surface area is 138 Å². The molecule has 1 aromatic carbocycles. The molecule has 2 heterocycles. The molecule has 0 fully saturated rings. The number of hydrogen-bond donors (Lipinski definition) is 0. The van der Waals surface area contributed by atoms with Crippen LogP contribution in [0, 0.1) is 13.8 Å². The second kappa shape index (κ2) is 5.96. The highest BCUT2D eigenvalue weighted by atomic mass is 35.5. The Kier molecular flexibility index (Phi) is 4.00.